The van der Waals surface area contributed by atoms with Crippen LogP contribution in [0, 0.1) is 12.7 Å². The van der Waals surface area contributed by atoms with E-state index in [1.807, 2.05) is 55.9 Å². The van der Waals surface area contributed by atoms with Gasteiger partial charge in [-0.1, -0.05) is 24.3 Å². The molecule has 0 spiro atoms. The lowest BCUT2D eigenvalue weighted by Crippen LogP contribution is -2.29. The molecular formula is C25H23FN6OS. The Labute approximate surface area is 200 Å². The largest absolute Gasteiger partial charge is 0.334 e. The zero-order valence-electron chi connectivity index (χ0n) is 19.0. The van der Waals surface area contributed by atoms with Gasteiger partial charge >= 0.3 is 0 Å². The van der Waals surface area contributed by atoms with Crippen LogP contribution in [0.25, 0.3) is 15.9 Å². The van der Waals surface area contributed by atoms with Crippen molar-refractivity contribution in [1.82, 2.24) is 29.4 Å². The monoisotopic (exact) mass is 474 g/mol. The molecule has 1 atom stereocenters. The quantitative estimate of drug-likeness (QED) is 0.347. The van der Waals surface area contributed by atoms with Gasteiger partial charge in [0.1, 0.15) is 23.3 Å². The Morgan fingerprint density at radius 1 is 1.15 bits per heavy atom. The molecule has 34 heavy (non-hydrogen) atoms. The molecule has 0 unspecified atom stereocenters. The third-order valence-corrected chi connectivity index (χ3v) is 7.16. The van der Waals surface area contributed by atoms with Crippen molar-refractivity contribution in [1.29, 1.82) is 0 Å². The van der Waals surface area contributed by atoms with E-state index in [1.54, 1.807) is 28.0 Å². The third kappa shape index (κ3) is 4.10. The van der Waals surface area contributed by atoms with Crippen LogP contribution in [-0.4, -0.2) is 42.4 Å². The Balaban J connectivity index is 1.36. The molecule has 0 aliphatic carbocycles. The smallest absolute Gasteiger partial charge is 0.264 e. The maximum absolute atomic E-state index is 13.3. The van der Waals surface area contributed by atoms with Crippen LogP contribution in [-0.2, 0) is 6.54 Å². The summed E-state index contributed by atoms with van der Waals surface area (Å²) >= 11 is 1.43. The van der Waals surface area contributed by atoms with Gasteiger partial charge in [-0.2, -0.15) is 10.2 Å². The van der Waals surface area contributed by atoms with Crippen LogP contribution < -0.4 is 0 Å². The van der Waals surface area contributed by atoms with Crippen molar-refractivity contribution in [2.24, 2.45) is 0 Å². The second-order valence-electron chi connectivity index (χ2n) is 8.22. The minimum absolute atomic E-state index is 0.0400. The molecule has 0 radical (unpaired) electrons. The van der Waals surface area contributed by atoms with Crippen LogP contribution >= 0.6 is 11.3 Å². The van der Waals surface area contributed by atoms with E-state index in [2.05, 4.69) is 15.2 Å². The van der Waals surface area contributed by atoms with Gasteiger partial charge < -0.3 is 4.90 Å². The maximum atomic E-state index is 13.3. The predicted octanol–water partition coefficient (Wildman–Crippen LogP) is 5.01. The number of nitrogens with zero attached hydrogens (tertiary/aromatic N) is 6. The standard InChI is InChI=1S/C25H23FN6OS/c1-16-22-12-23(34-25(22)31(29-16)13-18-4-8-20(26)9-5-18)24(33)30(3)17(2)19-6-10-21(11-7-19)32-15-27-14-28-32/h4-12,14-15,17H,13H2,1-3H3/t17-/m0/s1. The number of amides is 1. The van der Waals surface area contributed by atoms with Gasteiger partial charge in [-0.3, -0.25) is 9.48 Å². The molecule has 3 heterocycles. The summed E-state index contributed by atoms with van der Waals surface area (Å²) < 4.78 is 16.8. The van der Waals surface area contributed by atoms with Crippen LogP contribution in [0.2, 0.25) is 0 Å². The van der Waals surface area contributed by atoms with Crippen LogP contribution in [0.3, 0.4) is 0 Å². The van der Waals surface area contributed by atoms with Gasteiger partial charge in [0.15, 0.2) is 0 Å². The molecule has 0 aliphatic rings. The molecule has 172 valence electrons. The highest BCUT2D eigenvalue weighted by molar-refractivity contribution is 7.20. The van der Waals surface area contributed by atoms with Crippen molar-refractivity contribution in [3.63, 3.8) is 0 Å². The fourth-order valence-corrected chi connectivity index (χ4v) is 5.05. The van der Waals surface area contributed by atoms with E-state index in [-0.39, 0.29) is 17.8 Å². The predicted molar refractivity (Wildman–Crippen MR) is 130 cm³/mol. The maximum Gasteiger partial charge on any atom is 0.264 e. The first kappa shape index (κ1) is 22.0. The molecule has 9 heteroatoms. The number of thiophene rings is 1. The van der Waals surface area contributed by atoms with Gasteiger partial charge in [-0.15, -0.1) is 11.3 Å². The van der Waals surface area contributed by atoms with E-state index in [0.29, 0.717) is 11.4 Å². The molecule has 0 N–H and O–H groups in total. The lowest BCUT2D eigenvalue weighted by molar-refractivity contribution is 0.0747. The highest BCUT2D eigenvalue weighted by Crippen LogP contribution is 2.31. The van der Waals surface area contributed by atoms with Crippen LogP contribution in [0.1, 0.15) is 39.5 Å². The number of halogens is 1. The number of benzene rings is 2. The van der Waals surface area contributed by atoms with Crippen molar-refractivity contribution < 1.29 is 9.18 Å². The average Bonchev–Trinajstić information content (AvgIpc) is 3.59. The van der Waals surface area contributed by atoms with Gasteiger partial charge in [0.2, 0.25) is 0 Å². The highest BCUT2D eigenvalue weighted by Gasteiger charge is 2.23. The Hall–Kier alpha value is -3.85. The molecule has 5 rings (SSSR count). The molecule has 2 aromatic carbocycles. The molecular weight excluding hydrogens is 451 g/mol. The van der Waals surface area contributed by atoms with Crippen molar-refractivity contribution in [3.05, 3.63) is 94.8 Å². The molecule has 0 fully saturated rings. The minimum atomic E-state index is -0.264. The number of aromatic nitrogens is 5. The van der Waals surface area contributed by atoms with E-state index in [9.17, 15) is 9.18 Å². The molecule has 0 saturated carbocycles. The summed E-state index contributed by atoms with van der Waals surface area (Å²) in [5, 5.41) is 9.73. The molecule has 3 aromatic heterocycles. The lowest BCUT2D eigenvalue weighted by atomic mass is 10.1. The van der Waals surface area contributed by atoms with Gasteiger partial charge in [-0.25, -0.2) is 14.1 Å². The van der Waals surface area contributed by atoms with Gasteiger partial charge in [0.25, 0.3) is 5.91 Å². The zero-order chi connectivity index (χ0) is 23.8. The Bertz CT molecular complexity index is 1440. The number of aryl methyl sites for hydroxylation is 1. The fourth-order valence-electron chi connectivity index (χ4n) is 3.91. The summed E-state index contributed by atoms with van der Waals surface area (Å²) in [7, 11) is 1.82. The van der Waals surface area contributed by atoms with Crippen molar-refractivity contribution in [2.45, 2.75) is 26.4 Å². The minimum Gasteiger partial charge on any atom is -0.334 e. The van der Waals surface area contributed by atoms with Crippen molar-refractivity contribution in [3.8, 4) is 5.69 Å². The van der Waals surface area contributed by atoms with E-state index in [0.717, 1.165) is 32.7 Å². The van der Waals surface area contributed by atoms with Gasteiger partial charge in [0, 0.05) is 12.4 Å². The summed E-state index contributed by atoms with van der Waals surface area (Å²) in [6.45, 7) is 4.47. The van der Waals surface area contributed by atoms with Crippen LogP contribution in [0.4, 0.5) is 4.39 Å². The molecule has 0 saturated heterocycles. The Kier molecular flexibility index (Phi) is 5.70. The first-order valence-electron chi connectivity index (χ1n) is 10.8. The average molecular weight is 475 g/mol. The van der Waals surface area contributed by atoms with Crippen LogP contribution in [0.5, 0.6) is 0 Å². The topological polar surface area (TPSA) is 68.8 Å². The first-order chi connectivity index (χ1) is 16.4. The Morgan fingerprint density at radius 3 is 2.56 bits per heavy atom. The molecule has 5 aromatic rings. The van der Waals surface area contributed by atoms with Crippen LogP contribution in [0.15, 0.2) is 67.3 Å². The summed E-state index contributed by atoms with van der Waals surface area (Å²) in [6.07, 6.45) is 3.14. The van der Waals surface area contributed by atoms with E-state index >= 15 is 0 Å². The van der Waals surface area contributed by atoms with Gasteiger partial charge in [-0.05, 0) is 55.3 Å². The summed E-state index contributed by atoms with van der Waals surface area (Å²) in [5.41, 5.74) is 3.76. The van der Waals surface area contributed by atoms with E-state index in [1.165, 1.54) is 29.8 Å². The number of hydrogen-bond acceptors (Lipinski definition) is 5. The first-order valence-corrected chi connectivity index (χ1v) is 11.7. The van der Waals surface area contributed by atoms with E-state index < -0.39 is 0 Å². The van der Waals surface area contributed by atoms with Crippen molar-refractivity contribution in [2.75, 3.05) is 7.05 Å². The normalized spacial score (nSPS) is 12.2. The third-order valence-electron chi connectivity index (χ3n) is 6.02. The summed E-state index contributed by atoms with van der Waals surface area (Å²) in [6, 6.07) is 16.1. The number of carbonyl (C=O) groups excluding carboxylic acids is 1. The molecule has 0 aliphatic heterocycles. The number of carbonyl (C=O) groups is 1. The molecule has 7 nitrogen and oxygen atoms in total. The van der Waals surface area contributed by atoms with E-state index in [4.69, 9.17) is 0 Å². The lowest BCUT2D eigenvalue weighted by Gasteiger charge is -2.25. The summed E-state index contributed by atoms with van der Waals surface area (Å²) in [5.74, 6) is -0.304. The van der Waals surface area contributed by atoms with Crippen molar-refractivity contribution >= 4 is 27.5 Å². The second-order valence-corrected chi connectivity index (χ2v) is 9.25. The number of hydrogen-bond donors (Lipinski definition) is 0. The SMILES string of the molecule is Cc1nn(Cc2ccc(F)cc2)c2sc(C(=O)N(C)[C@@H](C)c3ccc(-n4cncn4)cc3)cc12. The molecule has 1 amide bonds. The number of rotatable bonds is 6. The number of fused-ring (bicyclic) bond motifs is 1. The second kappa shape index (κ2) is 8.83. The Morgan fingerprint density at radius 2 is 1.88 bits per heavy atom. The fraction of sp³-hybridized carbons (Fsp3) is 0.200. The zero-order valence-corrected chi connectivity index (χ0v) is 19.8. The van der Waals surface area contributed by atoms with Gasteiger partial charge in [0.05, 0.1) is 28.8 Å². The highest BCUT2D eigenvalue weighted by atomic mass is 32.1. The summed E-state index contributed by atoms with van der Waals surface area (Å²) in [4.78, 5) is 20.7. The molecule has 0 bridgehead atoms.